The van der Waals surface area contributed by atoms with Crippen LogP contribution in [-0.4, -0.2) is 37.0 Å². The number of nitrogens with zero attached hydrogens (tertiary/aromatic N) is 2. The van der Waals surface area contributed by atoms with Gasteiger partial charge in [-0.3, -0.25) is 9.89 Å². The van der Waals surface area contributed by atoms with Crippen molar-refractivity contribution in [3.8, 4) is 0 Å². The first-order valence-electron chi connectivity index (χ1n) is 3.58. The van der Waals surface area contributed by atoms with Gasteiger partial charge in [-0.25, -0.2) is 4.79 Å². The third-order valence-corrected chi connectivity index (χ3v) is 1.11. The molecule has 0 radical (unpaired) electrons. The number of aliphatic imine (C=N–C) groups is 1. The molecule has 0 aromatic heterocycles. The molecule has 0 saturated heterocycles. The van der Waals surface area contributed by atoms with Crippen LogP contribution in [0, 0.1) is 0 Å². The highest BCUT2D eigenvalue weighted by atomic mass is 19.4. The van der Waals surface area contributed by atoms with Crippen LogP contribution >= 0.6 is 0 Å². The van der Waals surface area contributed by atoms with Gasteiger partial charge in [-0.05, 0) is 0 Å². The third kappa shape index (κ3) is 5.18. The Morgan fingerprint density at radius 3 is 2.57 bits per heavy atom. The number of alkyl halides is 3. The largest absolute Gasteiger partial charge is 0.405 e. The zero-order valence-electron chi connectivity index (χ0n) is 7.51. The van der Waals surface area contributed by atoms with Gasteiger partial charge in [0.05, 0.1) is 6.34 Å². The van der Waals surface area contributed by atoms with Crippen molar-refractivity contribution < 1.29 is 18.0 Å². The molecule has 0 fully saturated rings. The van der Waals surface area contributed by atoms with E-state index in [-0.39, 0.29) is 0 Å². The lowest BCUT2D eigenvalue weighted by Gasteiger charge is -2.14. The van der Waals surface area contributed by atoms with Gasteiger partial charge in [-0.15, -0.1) is 0 Å². The average molecular weight is 209 g/mol. The van der Waals surface area contributed by atoms with Crippen molar-refractivity contribution in [2.45, 2.75) is 6.18 Å². The van der Waals surface area contributed by atoms with E-state index in [0.717, 1.165) is 17.4 Å². The lowest BCUT2D eigenvalue weighted by Crippen LogP contribution is -2.40. The van der Waals surface area contributed by atoms with Gasteiger partial charge in [0.25, 0.3) is 0 Å². The van der Waals surface area contributed by atoms with E-state index in [1.54, 1.807) is 5.32 Å². The molecule has 0 spiro atoms. The summed E-state index contributed by atoms with van der Waals surface area (Å²) in [7, 11) is 1.38. The zero-order valence-corrected chi connectivity index (χ0v) is 7.51. The van der Waals surface area contributed by atoms with Crippen LogP contribution in [0.1, 0.15) is 0 Å². The van der Waals surface area contributed by atoms with Crippen molar-refractivity contribution in [1.29, 1.82) is 0 Å². The van der Waals surface area contributed by atoms with Crippen LogP contribution in [0.25, 0.3) is 0 Å². The molecule has 7 heteroatoms. The van der Waals surface area contributed by atoms with Crippen molar-refractivity contribution in [3.63, 3.8) is 0 Å². The number of hydrogen-bond donors (Lipinski definition) is 1. The van der Waals surface area contributed by atoms with Gasteiger partial charge < -0.3 is 5.32 Å². The van der Waals surface area contributed by atoms with Gasteiger partial charge >= 0.3 is 12.2 Å². The van der Waals surface area contributed by atoms with Crippen molar-refractivity contribution in [1.82, 2.24) is 10.2 Å². The van der Waals surface area contributed by atoms with Gasteiger partial charge in [0.15, 0.2) is 0 Å². The molecule has 0 atom stereocenters. The van der Waals surface area contributed by atoms with Crippen molar-refractivity contribution >= 4 is 12.4 Å². The summed E-state index contributed by atoms with van der Waals surface area (Å²) in [5, 5.41) is 1.66. The lowest BCUT2D eigenvalue weighted by molar-refractivity contribution is -0.122. The van der Waals surface area contributed by atoms with Crippen LogP contribution < -0.4 is 5.32 Å². The van der Waals surface area contributed by atoms with Crippen LogP contribution in [-0.2, 0) is 0 Å². The smallest absolute Gasteiger partial charge is 0.328 e. The quantitative estimate of drug-likeness (QED) is 0.553. The monoisotopic (exact) mass is 209 g/mol. The Hall–Kier alpha value is -1.53. The average Bonchev–Trinajstić information content (AvgIpc) is 2.09. The van der Waals surface area contributed by atoms with E-state index < -0.39 is 18.8 Å². The molecule has 14 heavy (non-hydrogen) atoms. The predicted octanol–water partition coefficient (Wildman–Crippen LogP) is 1.36. The summed E-state index contributed by atoms with van der Waals surface area (Å²) in [4.78, 5) is 15.2. The van der Waals surface area contributed by atoms with Gasteiger partial charge in [-0.1, -0.05) is 6.58 Å². The Bertz CT molecular complexity index is 237. The standard InChI is InChI=1S/C7H10F3N3O/c1-3-13(5-11-2)6(14)12-4-7(8,9)10/h3,5H,1,4H2,2H3,(H,12,14). The molecule has 0 aliphatic rings. The lowest BCUT2D eigenvalue weighted by atomic mass is 10.6. The Balaban J connectivity index is 4.12. The topological polar surface area (TPSA) is 44.7 Å². The second-order valence-corrected chi connectivity index (χ2v) is 2.24. The molecular formula is C7H10F3N3O. The Kier molecular flexibility index (Phi) is 4.68. The highest BCUT2D eigenvalue weighted by molar-refractivity contribution is 5.87. The number of amides is 2. The fourth-order valence-electron chi connectivity index (χ4n) is 0.574. The van der Waals surface area contributed by atoms with Crippen molar-refractivity contribution in [3.05, 3.63) is 12.8 Å². The van der Waals surface area contributed by atoms with Crippen LogP contribution in [0.3, 0.4) is 0 Å². The molecule has 0 aromatic rings. The molecule has 2 amide bonds. The first kappa shape index (κ1) is 12.5. The van der Waals surface area contributed by atoms with E-state index in [0.29, 0.717) is 0 Å². The summed E-state index contributed by atoms with van der Waals surface area (Å²) in [5.41, 5.74) is 0. The molecule has 0 saturated carbocycles. The summed E-state index contributed by atoms with van der Waals surface area (Å²) < 4.78 is 35.0. The molecule has 0 heterocycles. The van der Waals surface area contributed by atoms with E-state index in [1.807, 2.05) is 0 Å². The Morgan fingerprint density at radius 1 is 1.64 bits per heavy atom. The summed E-state index contributed by atoms with van der Waals surface area (Å²) >= 11 is 0. The fraction of sp³-hybridized carbons (Fsp3) is 0.429. The van der Waals surface area contributed by atoms with Crippen LogP contribution in [0.4, 0.5) is 18.0 Å². The van der Waals surface area contributed by atoms with Gasteiger partial charge in [0.2, 0.25) is 0 Å². The minimum Gasteiger partial charge on any atom is -0.328 e. The third-order valence-electron chi connectivity index (χ3n) is 1.11. The Labute approximate surface area is 79.1 Å². The van der Waals surface area contributed by atoms with Crippen molar-refractivity contribution in [2.24, 2.45) is 4.99 Å². The number of carbonyl (C=O) groups is 1. The number of urea groups is 1. The zero-order chi connectivity index (χ0) is 11.2. The number of halogens is 3. The highest BCUT2D eigenvalue weighted by Crippen LogP contribution is 2.12. The number of hydrogen-bond acceptors (Lipinski definition) is 2. The Morgan fingerprint density at radius 2 is 2.21 bits per heavy atom. The SMILES string of the molecule is C=CN(C=NC)C(=O)NCC(F)(F)F. The minimum atomic E-state index is -4.42. The number of rotatable bonds is 3. The van der Waals surface area contributed by atoms with E-state index in [9.17, 15) is 18.0 Å². The molecule has 1 N–H and O–H groups in total. The highest BCUT2D eigenvalue weighted by Gasteiger charge is 2.28. The number of nitrogens with one attached hydrogen (secondary N) is 1. The maximum atomic E-state index is 11.7. The molecule has 0 aromatic carbocycles. The molecule has 0 unspecified atom stereocenters. The first-order chi connectivity index (χ1) is 6.40. The summed E-state index contributed by atoms with van der Waals surface area (Å²) in [6.45, 7) is 1.86. The predicted molar refractivity (Wildman–Crippen MR) is 45.9 cm³/mol. The van der Waals surface area contributed by atoms with E-state index >= 15 is 0 Å². The van der Waals surface area contributed by atoms with E-state index in [1.165, 1.54) is 7.05 Å². The number of carbonyl (C=O) groups excluding carboxylic acids is 1. The second kappa shape index (κ2) is 5.25. The molecule has 80 valence electrons. The van der Waals surface area contributed by atoms with Crippen LogP contribution in [0.2, 0.25) is 0 Å². The van der Waals surface area contributed by atoms with E-state index in [4.69, 9.17) is 0 Å². The summed E-state index contributed by atoms with van der Waals surface area (Å²) in [6.07, 6.45) is -2.32. The van der Waals surface area contributed by atoms with Crippen LogP contribution in [0.5, 0.6) is 0 Å². The van der Waals surface area contributed by atoms with Gasteiger partial charge in [0, 0.05) is 13.2 Å². The van der Waals surface area contributed by atoms with E-state index in [2.05, 4.69) is 11.6 Å². The maximum Gasteiger partial charge on any atom is 0.405 e. The molecular weight excluding hydrogens is 199 g/mol. The molecule has 0 aliphatic carbocycles. The van der Waals surface area contributed by atoms with Crippen molar-refractivity contribution in [2.75, 3.05) is 13.6 Å². The second-order valence-electron chi connectivity index (χ2n) is 2.24. The minimum absolute atomic E-state index is 0.811. The molecule has 0 aliphatic heterocycles. The summed E-state index contributed by atoms with van der Waals surface area (Å²) in [6, 6.07) is -0.928. The molecule has 0 bridgehead atoms. The normalized spacial score (nSPS) is 11.4. The van der Waals surface area contributed by atoms with Crippen LogP contribution in [0.15, 0.2) is 17.8 Å². The fourth-order valence-corrected chi connectivity index (χ4v) is 0.574. The first-order valence-corrected chi connectivity index (χ1v) is 3.58. The molecule has 0 rings (SSSR count). The molecule has 4 nitrogen and oxygen atoms in total. The maximum absolute atomic E-state index is 11.7. The van der Waals surface area contributed by atoms with Gasteiger partial charge in [0.1, 0.15) is 6.54 Å². The van der Waals surface area contributed by atoms with Gasteiger partial charge in [-0.2, -0.15) is 13.2 Å². The summed E-state index contributed by atoms with van der Waals surface area (Å²) in [5.74, 6) is 0.